The molecule has 0 saturated heterocycles. The maximum absolute atomic E-state index is 7.10. The van der Waals surface area contributed by atoms with Crippen molar-refractivity contribution in [2.24, 2.45) is 11.5 Å². The van der Waals surface area contributed by atoms with E-state index in [2.05, 4.69) is 0 Å². The lowest BCUT2D eigenvalue weighted by Crippen LogP contribution is -2.12. The molecule has 1 unspecified atom stereocenters. The molecule has 13 heavy (non-hydrogen) atoms. The van der Waals surface area contributed by atoms with E-state index >= 15 is 0 Å². The van der Waals surface area contributed by atoms with Crippen LogP contribution in [0.3, 0.4) is 0 Å². The Hall–Kier alpha value is -0.580. The smallest absolute Gasteiger partial charge is 0.0950 e. The summed E-state index contributed by atoms with van der Waals surface area (Å²) in [6.45, 7) is 1.95. The second-order valence-corrected chi connectivity index (χ2v) is 3.79. The van der Waals surface area contributed by atoms with Crippen LogP contribution in [0.25, 0.3) is 0 Å². The summed E-state index contributed by atoms with van der Waals surface area (Å²) in [6, 6.07) is 2.09. The SMILES string of the molecule is CC(N)c1cc(CC(=N)N)cs1.Cl. The van der Waals surface area contributed by atoms with E-state index in [4.69, 9.17) is 16.9 Å². The van der Waals surface area contributed by atoms with Crippen molar-refractivity contribution in [1.29, 1.82) is 5.41 Å². The zero-order valence-corrected chi connectivity index (χ0v) is 9.04. The van der Waals surface area contributed by atoms with Gasteiger partial charge in [-0.2, -0.15) is 0 Å². The summed E-state index contributed by atoms with van der Waals surface area (Å²) in [5.74, 6) is 0.198. The van der Waals surface area contributed by atoms with Crippen LogP contribution in [0, 0.1) is 5.41 Å². The number of hydrogen-bond donors (Lipinski definition) is 3. The molecule has 5 N–H and O–H groups in total. The second kappa shape index (κ2) is 5.21. The van der Waals surface area contributed by atoms with Gasteiger partial charge < -0.3 is 11.5 Å². The lowest BCUT2D eigenvalue weighted by atomic mass is 10.2. The first kappa shape index (κ1) is 12.4. The fourth-order valence-electron chi connectivity index (χ4n) is 0.946. The van der Waals surface area contributed by atoms with E-state index in [1.54, 1.807) is 11.3 Å². The van der Waals surface area contributed by atoms with Gasteiger partial charge in [-0.3, -0.25) is 5.41 Å². The van der Waals surface area contributed by atoms with Crippen LogP contribution >= 0.6 is 23.7 Å². The predicted octanol–water partition coefficient (Wildman–Crippen LogP) is 1.67. The molecule has 1 aromatic heterocycles. The summed E-state index contributed by atoms with van der Waals surface area (Å²) < 4.78 is 0. The molecule has 74 valence electrons. The van der Waals surface area contributed by atoms with Crippen LogP contribution in [0.2, 0.25) is 0 Å². The fraction of sp³-hybridized carbons (Fsp3) is 0.375. The van der Waals surface area contributed by atoms with Gasteiger partial charge in [-0.05, 0) is 23.9 Å². The van der Waals surface area contributed by atoms with Gasteiger partial charge >= 0.3 is 0 Å². The van der Waals surface area contributed by atoms with E-state index in [-0.39, 0.29) is 24.3 Å². The molecule has 0 bridgehead atoms. The molecule has 0 aliphatic heterocycles. The molecule has 3 nitrogen and oxygen atoms in total. The quantitative estimate of drug-likeness (QED) is 0.534. The minimum absolute atomic E-state index is 0. The van der Waals surface area contributed by atoms with Crippen molar-refractivity contribution in [3.63, 3.8) is 0 Å². The van der Waals surface area contributed by atoms with Crippen LogP contribution in [0.4, 0.5) is 0 Å². The molecule has 5 heteroatoms. The summed E-state index contributed by atoms with van der Waals surface area (Å²) in [4.78, 5) is 1.14. The minimum atomic E-state index is 0. The Morgan fingerprint density at radius 2 is 2.31 bits per heavy atom. The third-order valence-electron chi connectivity index (χ3n) is 1.52. The number of nitrogens with one attached hydrogen (secondary N) is 1. The van der Waals surface area contributed by atoms with Crippen LogP contribution in [0.1, 0.15) is 23.4 Å². The van der Waals surface area contributed by atoms with Crippen molar-refractivity contribution in [2.45, 2.75) is 19.4 Å². The lowest BCUT2D eigenvalue weighted by molar-refractivity contribution is 0.837. The topological polar surface area (TPSA) is 75.9 Å². The molecule has 1 aromatic rings. The van der Waals surface area contributed by atoms with Crippen molar-refractivity contribution < 1.29 is 0 Å². The number of thiophene rings is 1. The monoisotopic (exact) mass is 219 g/mol. The van der Waals surface area contributed by atoms with Gasteiger partial charge in [-0.1, -0.05) is 0 Å². The molecule has 0 aliphatic rings. The van der Waals surface area contributed by atoms with Gasteiger partial charge in [0.15, 0.2) is 0 Å². The molecule has 1 atom stereocenters. The maximum atomic E-state index is 7.10. The standard InChI is InChI=1S/C8H13N3S.ClH/c1-5(9)7-2-6(4-12-7)3-8(10)11;/h2,4-5H,3,9H2,1H3,(H3,10,11);1H. The zero-order chi connectivity index (χ0) is 9.14. The molecule has 0 aromatic carbocycles. The Kier molecular flexibility index (Phi) is 4.98. The first-order chi connectivity index (χ1) is 5.59. The normalized spacial score (nSPS) is 11.8. The summed E-state index contributed by atoms with van der Waals surface area (Å²) >= 11 is 1.62. The number of amidine groups is 1. The number of rotatable bonds is 3. The third-order valence-corrected chi connectivity index (χ3v) is 2.70. The Labute approximate surface area is 88.0 Å². The van der Waals surface area contributed by atoms with Crippen molar-refractivity contribution in [2.75, 3.05) is 0 Å². The highest BCUT2D eigenvalue weighted by molar-refractivity contribution is 7.10. The lowest BCUT2D eigenvalue weighted by Gasteiger charge is -1.98. The first-order valence-electron chi connectivity index (χ1n) is 3.75. The third kappa shape index (κ3) is 3.76. The summed E-state index contributed by atoms with van der Waals surface area (Å²) in [5, 5.41) is 9.10. The average molecular weight is 220 g/mol. The molecule has 1 rings (SSSR count). The average Bonchev–Trinajstić information content (AvgIpc) is 2.34. The highest BCUT2D eigenvalue weighted by atomic mass is 35.5. The molecule has 0 fully saturated rings. The largest absolute Gasteiger partial charge is 0.387 e. The summed E-state index contributed by atoms with van der Waals surface area (Å²) in [6.07, 6.45) is 0.531. The Bertz CT molecular complexity index is 283. The van der Waals surface area contributed by atoms with Gasteiger partial charge in [-0.25, -0.2) is 0 Å². The van der Waals surface area contributed by atoms with Crippen molar-refractivity contribution in [1.82, 2.24) is 0 Å². The molecule has 0 spiro atoms. The predicted molar refractivity (Wildman–Crippen MR) is 59.8 cm³/mol. The van der Waals surface area contributed by atoms with Gasteiger partial charge in [0.25, 0.3) is 0 Å². The van der Waals surface area contributed by atoms with E-state index in [1.165, 1.54) is 0 Å². The van der Waals surface area contributed by atoms with Gasteiger partial charge in [0, 0.05) is 17.3 Å². The maximum Gasteiger partial charge on any atom is 0.0950 e. The first-order valence-corrected chi connectivity index (χ1v) is 4.63. The highest BCUT2D eigenvalue weighted by Crippen LogP contribution is 2.20. The molecule has 1 heterocycles. The van der Waals surface area contributed by atoms with Crippen LogP contribution in [0.15, 0.2) is 11.4 Å². The highest BCUT2D eigenvalue weighted by Gasteiger charge is 2.04. The number of halogens is 1. The van der Waals surface area contributed by atoms with Gasteiger partial charge in [-0.15, -0.1) is 23.7 Å². The molecular weight excluding hydrogens is 206 g/mol. The fourth-order valence-corrected chi connectivity index (χ4v) is 1.82. The van der Waals surface area contributed by atoms with Crippen LogP contribution in [-0.2, 0) is 6.42 Å². The number of hydrogen-bond acceptors (Lipinski definition) is 3. The molecular formula is C8H14ClN3S. The minimum Gasteiger partial charge on any atom is -0.387 e. The van der Waals surface area contributed by atoms with E-state index in [9.17, 15) is 0 Å². The van der Waals surface area contributed by atoms with Gasteiger partial charge in [0.2, 0.25) is 0 Å². The number of nitrogens with two attached hydrogens (primary N) is 2. The van der Waals surface area contributed by atoms with E-state index < -0.39 is 0 Å². The van der Waals surface area contributed by atoms with Crippen LogP contribution < -0.4 is 11.5 Å². The van der Waals surface area contributed by atoms with Gasteiger partial charge in [0.05, 0.1) is 5.84 Å². The van der Waals surface area contributed by atoms with Crippen LogP contribution in [0.5, 0.6) is 0 Å². The molecule has 0 radical (unpaired) electrons. The Morgan fingerprint density at radius 1 is 1.69 bits per heavy atom. The summed E-state index contributed by atoms with van der Waals surface area (Å²) in [7, 11) is 0. The summed E-state index contributed by atoms with van der Waals surface area (Å²) in [5.41, 5.74) is 12.0. The Morgan fingerprint density at radius 3 is 2.69 bits per heavy atom. The molecule has 0 saturated carbocycles. The Balaban J connectivity index is 0.00000144. The zero-order valence-electron chi connectivity index (χ0n) is 7.41. The van der Waals surface area contributed by atoms with E-state index in [0.717, 1.165) is 10.4 Å². The van der Waals surface area contributed by atoms with Crippen molar-refractivity contribution in [3.05, 3.63) is 21.9 Å². The van der Waals surface area contributed by atoms with Crippen molar-refractivity contribution in [3.8, 4) is 0 Å². The van der Waals surface area contributed by atoms with E-state index in [1.807, 2.05) is 18.4 Å². The second-order valence-electron chi connectivity index (χ2n) is 2.85. The van der Waals surface area contributed by atoms with Crippen LogP contribution in [-0.4, -0.2) is 5.84 Å². The van der Waals surface area contributed by atoms with Crippen molar-refractivity contribution >= 4 is 29.6 Å². The molecule has 0 amide bonds. The molecule has 0 aliphatic carbocycles. The van der Waals surface area contributed by atoms with Gasteiger partial charge in [0.1, 0.15) is 0 Å². The van der Waals surface area contributed by atoms with E-state index in [0.29, 0.717) is 6.42 Å².